The number of H-pyrrole nitrogens is 1. The van der Waals surface area contributed by atoms with E-state index >= 15 is 0 Å². The summed E-state index contributed by atoms with van der Waals surface area (Å²) < 4.78 is 0. The molecule has 0 aliphatic carbocycles. The van der Waals surface area contributed by atoms with Gasteiger partial charge >= 0.3 is 0 Å². The monoisotopic (exact) mass is 349 g/mol. The van der Waals surface area contributed by atoms with Gasteiger partial charge in [0.25, 0.3) is 0 Å². The van der Waals surface area contributed by atoms with Crippen LogP contribution in [0.5, 0.6) is 0 Å². The number of hydrogen-bond donors (Lipinski definition) is 2. The fourth-order valence-corrected chi connectivity index (χ4v) is 3.74. The molecular formula is C20H23N5O. The Morgan fingerprint density at radius 1 is 1.35 bits per heavy atom. The second-order valence-corrected chi connectivity index (χ2v) is 6.83. The van der Waals surface area contributed by atoms with Gasteiger partial charge < -0.3 is 10.3 Å². The van der Waals surface area contributed by atoms with Gasteiger partial charge in [0.2, 0.25) is 5.91 Å². The molecule has 0 saturated carbocycles. The van der Waals surface area contributed by atoms with Gasteiger partial charge in [0.1, 0.15) is 0 Å². The fourth-order valence-electron chi connectivity index (χ4n) is 3.74. The Labute approximate surface area is 152 Å². The number of fused-ring (bicyclic) bond motifs is 1. The van der Waals surface area contributed by atoms with Gasteiger partial charge in [0.05, 0.1) is 36.4 Å². The Hall–Kier alpha value is -2.73. The van der Waals surface area contributed by atoms with Crippen LogP contribution in [0.4, 0.5) is 0 Å². The number of benzene rings is 1. The van der Waals surface area contributed by atoms with Gasteiger partial charge in [-0.05, 0) is 37.1 Å². The summed E-state index contributed by atoms with van der Waals surface area (Å²) in [6.45, 7) is 3.89. The second-order valence-electron chi connectivity index (χ2n) is 6.83. The highest BCUT2D eigenvalue weighted by Gasteiger charge is 2.28. The second kappa shape index (κ2) is 7.25. The Morgan fingerprint density at radius 3 is 3.15 bits per heavy atom. The highest BCUT2D eigenvalue weighted by molar-refractivity contribution is 5.82. The van der Waals surface area contributed by atoms with Crippen molar-refractivity contribution in [2.24, 2.45) is 0 Å². The van der Waals surface area contributed by atoms with Crippen LogP contribution in [0.2, 0.25) is 0 Å². The van der Waals surface area contributed by atoms with Crippen molar-refractivity contribution in [3.8, 4) is 0 Å². The molecule has 0 unspecified atom stereocenters. The third-order valence-electron chi connectivity index (χ3n) is 4.99. The van der Waals surface area contributed by atoms with E-state index in [4.69, 9.17) is 4.98 Å². The van der Waals surface area contributed by atoms with Crippen molar-refractivity contribution in [2.75, 3.05) is 6.54 Å². The number of aromatic nitrogens is 3. The van der Waals surface area contributed by atoms with Gasteiger partial charge in [-0.2, -0.15) is 0 Å². The number of carbonyl (C=O) groups is 1. The van der Waals surface area contributed by atoms with Crippen LogP contribution in [0, 0.1) is 0 Å². The normalized spacial score (nSPS) is 17.7. The Morgan fingerprint density at radius 2 is 2.27 bits per heavy atom. The van der Waals surface area contributed by atoms with E-state index in [0.29, 0.717) is 6.54 Å². The van der Waals surface area contributed by atoms with Crippen LogP contribution in [0.3, 0.4) is 0 Å². The molecule has 1 amide bonds. The quantitative estimate of drug-likeness (QED) is 0.743. The lowest BCUT2D eigenvalue weighted by Gasteiger charge is -2.24. The Kier molecular flexibility index (Phi) is 4.67. The van der Waals surface area contributed by atoms with E-state index in [0.717, 1.165) is 37.3 Å². The SMILES string of the molecule is CC(=O)NCc1cncc([C@@H]2CCCN2Cc2cccc3[nH]ccc23)n1. The third-order valence-corrected chi connectivity index (χ3v) is 4.99. The zero-order valence-corrected chi connectivity index (χ0v) is 14.9. The number of carbonyl (C=O) groups excluding carboxylic acids is 1. The standard InChI is InChI=1S/C20H23N5O/c1-14(26)23-11-16-10-21-12-19(24-16)20-6-3-9-25(20)13-15-4-2-5-18-17(15)7-8-22-18/h2,4-5,7-8,10,12,20,22H,3,6,9,11,13H2,1H3,(H,23,26)/t20-/m0/s1. The van der Waals surface area contributed by atoms with Gasteiger partial charge in [-0.1, -0.05) is 12.1 Å². The molecule has 1 fully saturated rings. The van der Waals surface area contributed by atoms with Crippen LogP contribution in [0.25, 0.3) is 10.9 Å². The summed E-state index contributed by atoms with van der Waals surface area (Å²) >= 11 is 0. The summed E-state index contributed by atoms with van der Waals surface area (Å²) in [5.74, 6) is -0.0562. The smallest absolute Gasteiger partial charge is 0.217 e. The van der Waals surface area contributed by atoms with Crippen molar-refractivity contribution < 1.29 is 4.79 Å². The average molecular weight is 349 g/mol. The zero-order chi connectivity index (χ0) is 17.9. The molecule has 2 N–H and O–H groups in total. The average Bonchev–Trinajstić information content (AvgIpc) is 3.30. The molecule has 1 saturated heterocycles. The topological polar surface area (TPSA) is 73.9 Å². The molecule has 3 heterocycles. The van der Waals surface area contributed by atoms with Gasteiger partial charge in [-0.15, -0.1) is 0 Å². The first-order valence-electron chi connectivity index (χ1n) is 9.05. The summed E-state index contributed by atoms with van der Waals surface area (Å²) in [5, 5.41) is 4.07. The predicted molar refractivity (Wildman–Crippen MR) is 100 cm³/mol. The van der Waals surface area contributed by atoms with E-state index in [1.807, 2.05) is 12.4 Å². The van der Waals surface area contributed by atoms with E-state index in [9.17, 15) is 4.79 Å². The molecule has 6 nitrogen and oxygen atoms in total. The van der Waals surface area contributed by atoms with Crippen LogP contribution in [0.15, 0.2) is 42.9 Å². The molecule has 4 rings (SSSR count). The van der Waals surface area contributed by atoms with Crippen molar-refractivity contribution in [3.63, 3.8) is 0 Å². The molecule has 0 spiro atoms. The van der Waals surface area contributed by atoms with E-state index < -0.39 is 0 Å². The van der Waals surface area contributed by atoms with Crippen LogP contribution >= 0.6 is 0 Å². The minimum atomic E-state index is -0.0562. The number of amides is 1. The summed E-state index contributed by atoms with van der Waals surface area (Å²) in [4.78, 5) is 26.0. The maximum absolute atomic E-state index is 11.1. The molecule has 2 aromatic heterocycles. The molecule has 6 heteroatoms. The number of aromatic amines is 1. The molecule has 26 heavy (non-hydrogen) atoms. The predicted octanol–water partition coefficient (Wildman–Crippen LogP) is 2.93. The lowest BCUT2D eigenvalue weighted by molar-refractivity contribution is -0.119. The minimum absolute atomic E-state index is 0.0562. The molecule has 1 aliphatic rings. The molecule has 1 aliphatic heterocycles. The van der Waals surface area contributed by atoms with Crippen LogP contribution in [-0.4, -0.2) is 32.3 Å². The summed E-state index contributed by atoms with van der Waals surface area (Å²) in [6, 6.07) is 8.83. The molecule has 1 aromatic carbocycles. The van der Waals surface area contributed by atoms with Crippen molar-refractivity contribution in [1.82, 2.24) is 25.2 Å². The summed E-state index contributed by atoms with van der Waals surface area (Å²) in [7, 11) is 0. The maximum atomic E-state index is 11.1. The van der Waals surface area contributed by atoms with E-state index in [2.05, 4.69) is 44.5 Å². The number of likely N-dealkylation sites (tertiary alicyclic amines) is 1. The molecule has 1 atom stereocenters. The Bertz CT molecular complexity index is 919. The third kappa shape index (κ3) is 3.46. The molecule has 134 valence electrons. The molecule has 0 radical (unpaired) electrons. The molecule has 3 aromatic rings. The number of hydrogen-bond acceptors (Lipinski definition) is 4. The first-order chi connectivity index (χ1) is 12.7. The lowest BCUT2D eigenvalue weighted by atomic mass is 10.1. The number of nitrogens with zero attached hydrogens (tertiary/aromatic N) is 3. The highest BCUT2D eigenvalue weighted by atomic mass is 16.1. The molecule has 0 bridgehead atoms. The van der Waals surface area contributed by atoms with Crippen molar-refractivity contribution in [3.05, 3.63) is 59.8 Å². The first-order valence-corrected chi connectivity index (χ1v) is 9.05. The number of rotatable bonds is 5. The zero-order valence-electron chi connectivity index (χ0n) is 14.9. The van der Waals surface area contributed by atoms with E-state index in [-0.39, 0.29) is 11.9 Å². The van der Waals surface area contributed by atoms with E-state index in [1.165, 1.54) is 23.4 Å². The fraction of sp³-hybridized carbons (Fsp3) is 0.350. The Balaban J connectivity index is 1.54. The van der Waals surface area contributed by atoms with Crippen LogP contribution < -0.4 is 5.32 Å². The van der Waals surface area contributed by atoms with Crippen LogP contribution in [-0.2, 0) is 17.9 Å². The van der Waals surface area contributed by atoms with Crippen molar-refractivity contribution in [2.45, 2.75) is 38.9 Å². The lowest BCUT2D eigenvalue weighted by Crippen LogP contribution is -2.25. The van der Waals surface area contributed by atoms with Gasteiger partial charge in [-0.25, -0.2) is 0 Å². The van der Waals surface area contributed by atoms with Gasteiger partial charge in [-0.3, -0.25) is 19.7 Å². The minimum Gasteiger partial charge on any atom is -0.361 e. The van der Waals surface area contributed by atoms with Crippen LogP contribution in [0.1, 0.15) is 42.8 Å². The van der Waals surface area contributed by atoms with Crippen molar-refractivity contribution >= 4 is 16.8 Å². The maximum Gasteiger partial charge on any atom is 0.217 e. The summed E-state index contributed by atoms with van der Waals surface area (Å²) in [6.07, 6.45) is 7.82. The van der Waals surface area contributed by atoms with Gasteiger partial charge in [0, 0.05) is 30.6 Å². The summed E-state index contributed by atoms with van der Waals surface area (Å²) in [5.41, 5.74) is 4.30. The van der Waals surface area contributed by atoms with Crippen molar-refractivity contribution in [1.29, 1.82) is 0 Å². The molecular weight excluding hydrogens is 326 g/mol. The van der Waals surface area contributed by atoms with Gasteiger partial charge in [0.15, 0.2) is 0 Å². The largest absolute Gasteiger partial charge is 0.361 e. The highest BCUT2D eigenvalue weighted by Crippen LogP contribution is 2.33. The number of nitrogens with one attached hydrogen (secondary N) is 2. The first kappa shape index (κ1) is 16.7. The van der Waals surface area contributed by atoms with E-state index in [1.54, 1.807) is 6.20 Å².